The zero-order valence-electron chi connectivity index (χ0n) is 13.1. The lowest BCUT2D eigenvalue weighted by Gasteiger charge is -2.38. The summed E-state index contributed by atoms with van der Waals surface area (Å²) in [5.41, 5.74) is 3.01. The van der Waals surface area contributed by atoms with Gasteiger partial charge in [-0.15, -0.1) is 0 Å². The standard InChI is InChI=1S/C17H23N5/c1-13-17(20-16-5-3-2-4-15(16)19-13)22-10-8-21(9-11-22)14-6-7-18-12-14/h2-5,14,18H,6-12H2,1H3. The maximum absolute atomic E-state index is 4.85. The molecule has 2 aliphatic rings. The second kappa shape index (κ2) is 5.82. The van der Waals surface area contributed by atoms with Crippen molar-refractivity contribution >= 4 is 16.9 Å². The summed E-state index contributed by atoms with van der Waals surface area (Å²) in [6, 6.07) is 8.85. The largest absolute Gasteiger partial charge is 0.353 e. The Balaban J connectivity index is 1.52. The van der Waals surface area contributed by atoms with Gasteiger partial charge in [-0.1, -0.05) is 12.1 Å². The first-order valence-electron chi connectivity index (χ1n) is 8.24. The molecule has 2 fully saturated rings. The quantitative estimate of drug-likeness (QED) is 0.908. The normalized spacial score (nSPS) is 23.3. The number of nitrogens with one attached hydrogen (secondary N) is 1. The van der Waals surface area contributed by atoms with Crippen LogP contribution in [0.2, 0.25) is 0 Å². The van der Waals surface area contributed by atoms with Crippen molar-refractivity contribution < 1.29 is 0 Å². The van der Waals surface area contributed by atoms with E-state index in [1.807, 2.05) is 24.3 Å². The van der Waals surface area contributed by atoms with Gasteiger partial charge in [0.15, 0.2) is 5.82 Å². The minimum Gasteiger partial charge on any atom is -0.353 e. The Morgan fingerprint density at radius 1 is 1.05 bits per heavy atom. The second-order valence-electron chi connectivity index (χ2n) is 6.29. The van der Waals surface area contributed by atoms with Gasteiger partial charge in [0.2, 0.25) is 0 Å². The van der Waals surface area contributed by atoms with E-state index < -0.39 is 0 Å². The number of piperazine rings is 1. The van der Waals surface area contributed by atoms with E-state index in [4.69, 9.17) is 9.97 Å². The molecule has 0 aliphatic carbocycles. The number of anilines is 1. The van der Waals surface area contributed by atoms with Crippen LogP contribution in [0.4, 0.5) is 5.82 Å². The van der Waals surface area contributed by atoms with Crippen LogP contribution in [0, 0.1) is 6.92 Å². The molecule has 5 heteroatoms. The van der Waals surface area contributed by atoms with Crippen molar-refractivity contribution in [2.45, 2.75) is 19.4 Å². The minimum absolute atomic E-state index is 0.728. The third-order valence-electron chi connectivity index (χ3n) is 4.88. The highest BCUT2D eigenvalue weighted by molar-refractivity contribution is 5.76. The topological polar surface area (TPSA) is 44.3 Å². The van der Waals surface area contributed by atoms with Crippen molar-refractivity contribution in [2.75, 3.05) is 44.2 Å². The van der Waals surface area contributed by atoms with Crippen LogP contribution in [-0.4, -0.2) is 60.2 Å². The SMILES string of the molecule is Cc1nc2ccccc2nc1N1CCN(C2CCNC2)CC1. The first-order valence-corrected chi connectivity index (χ1v) is 8.24. The number of rotatable bonds is 2. The Bertz CT molecular complexity index is 657. The molecule has 22 heavy (non-hydrogen) atoms. The van der Waals surface area contributed by atoms with E-state index in [1.165, 1.54) is 13.0 Å². The van der Waals surface area contributed by atoms with Gasteiger partial charge in [-0.2, -0.15) is 0 Å². The summed E-state index contributed by atoms with van der Waals surface area (Å²) >= 11 is 0. The molecule has 1 aromatic heterocycles. The summed E-state index contributed by atoms with van der Waals surface area (Å²) in [6.45, 7) is 8.73. The Morgan fingerprint density at radius 2 is 1.77 bits per heavy atom. The molecule has 2 aromatic rings. The summed E-state index contributed by atoms with van der Waals surface area (Å²) in [5, 5.41) is 3.46. The zero-order valence-corrected chi connectivity index (χ0v) is 13.1. The van der Waals surface area contributed by atoms with Crippen LogP contribution < -0.4 is 10.2 Å². The average Bonchev–Trinajstić information content (AvgIpc) is 3.09. The van der Waals surface area contributed by atoms with E-state index >= 15 is 0 Å². The summed E-state index contributed by atoms with van der Waals surface area (Å²) in [5.74, 6) is 1.06. The number of fused-ring (bicyclic) bond motifs is 1. The van der Waals surface area contributed by atoms with Crippen molar-refractivity contribution in [3.05, 3.63) is 30.0 Å². The first-order chi connectivity index (χ1) is 10.8. The zero-order chi connectivity index (χ0) is 14.9. The lowest BCUT2D eigenvalue weighted by atomic mass is 10.2. The third-order valence-corrected chi connectivity index (χ3v) is 4.88. The van der Waals surface area contributed by atoms with Gasteiger partial charge >= 0.3 is 0 Å². The van der Waals surface area contributed by atoms with Crippen molar-refractivity contribution in [3.63, 3.8) is 0 Å². The van der Waals surface area contributed by atoms with Crippen LogP contribution in [0.15, 0.2) is 24.3 Å². The maximum atomic E-state index is 4.85. The molecule has 3 heterocycles. The number of nitrogens with zero attached hydrogens (tertiary/aromatic N) is 4. The molecule has 0 spiro atoms. The van der Waals surface area contributed by atoms with E-state index in [2.05, 4.69) is 22.0 Å². The monoisotopic (exact) mass is 297 g/mol. The van der Waals surface area contributed by atoms with Gasteiger partial charge in [0.05, 0.1) is 16.7 Å². The molecular formula is C17H23N5. The number of aromatic nitrogens is 2. The van der Waals surface area contributed by atoms with Crippen molar-refractivity contribution in [3.8, 4) is 0 Å². The van der Waals surface area contributed by atoms with Crippen LogP contribution in [0.1, 0.15) is 12.1 Å². The summed E-state index contributed by atoms with van der Waals surface area (Å²) in [4.78, 5) is 14.6. The van der Waals surface area contributed by atoms with Crippen molar-refractivity contribution in [1.29, 1.82) is 0 Å². The number of hydrogen-bond acceptors (Lipinski definition) is 5. The Hall–Kier alpha value is -1.72. The van der Waals surface area contributed by atoms with Crippen LogP contribution in [0.3, 0.4) is 0 Å². The van der Waals surface area contributed by atoms with Gasteiger partial charge in [-0.05, 0) is 32.0 Å². The molecule has 0 radical (unpaired) electrons. The number of para-hydroxylation sites is 2. The van der Waals surface area contributed by atoms with E-state index in [9.17, 15) is 0 Å². The lowest BCUT2D eigenvalue weighted by molar-refractivity contribution is 0.196. The molecule has 1 N–H and O–H groups in total. The molecule has 0 amide bonds. The van der Waals surface area contributed by atoms with E-state index in [0.29, 0.717) is 0 Å². The van der Waals surface area contributed by atoms with Crippen LogP contribution in [0.25, 0.3) is 11.0 Å². The molecule has 4 rings (SSSR count). The fourth-order valence-corrected chi connectivity index (χ4v) is 3.63. The Labute approximate surface area is 131 Å². The molecule has 0 bridgehead atoms. The number of hydrogen-bond donors (Lipinski definition) is 1. The Morgan fingerprint density at radius 3 is 2.45 bits per heavy atom. The smallest absolute Gasteiger partial charge is 0.150 e. The molecule has 116 valence electrons. The van der Waals surface area contributed by atoms with Gasteiger partial charge in [-0.3, -0.25) is 4.90 Å². The highest BCUT2D eigenvalue weighted by Gasteiger charge is 2.27. The van der Waals surface area contributed by atoms with Crippen LogP contribution >= 0.6 is 0 Å². The van der Waals surface area contributed by atoms with Crippen molar-refractivity contribution in [2.24, 2.45) is 0 Å². The van der Waals surface area contributed by atoms with Crippen molar-refractivity contribution in [1.82, 2.24) is 20.2 Å². The van der Waals surface area contributed by atoms with Gasteiger partial charge < -0.3 is 10.2 Å². The fourth-order valence-electron chi connectivity index (χ4n) is 3.63. The third kappa shape index (κ3) is 2.55. The minimum atomic E-state index is 0.728. The van der Waals surface area contributed by atoms with E-state index in [0.717, 1.165) is 61.3 Å². The highest BCUT2D eigenvalue weighted by Crippen LogP contribution is 2.22. The lowest BCUT2D eigenvalue weighted by Crippen LogP contribution is -2.51. The summed E-state index contributed by atoms with van der Waals surface area (Å²) in [6.07, 6.45) is 1.29. The van der Waals surface area contributed by atoms with Crippen LogP contribution in [-0.2, 0) is 0 Å². The number of aryl methyl sites for hydroxylation is 1. The number of benzene rings is 1. The highest BCUT2D eigenvalue weighted by atomic mass is 15.3. The van der Waals surface area contributed by atoms with Gasteiger partial charge in [0.1, 0.15) is 0 Å². The molecule has 2 aliphatic heterocycles. The van der Waals surface area contributed by atoms with E-state index in [1.54, 1.807) is 0 Å². The first kappa shape index (κ1) is 13.9. The summed E-state index contributed by atoms with van der Waals surface area (Å²) < 4.78 is 0. The molecule has 2 saturated heterocycles. The fraction of sp³-hybridized carbons (Fsp3) is 0.529. The predicted octanol–water partition coefficient (Wildman–Crippen LogP) is 1.42. The predicted molar refractivity (Wildman–Crippen MR) is 89.3 cm³/mol. The van der Waals surface area contributed by atoms with Gasteiger partial charge in [0, 0.05) is 38.8 Å². The van der Waals surface area contributed by atoms with E-state index in [-0.39, 0.29) is 0 Å². The second-order valence-corrected chi connectivity index (χ2v) is 6.29. The molecular weight excluding hydrogens is 274 g/mol. The molecule has 0 saturated carbocycles. The summed E-state index contributed by atoms with van der Waals surface area (Å²) in [7, 11) is 0. The molecule has 1 atom stereocenters. The molecule has 1 aromatic carbocycles. The maximum Gasteiger partial charge on any atom is 0.150 e. The Kier molecular flexibility index (Phi) is 3.68. The van der Waals surface area contributed by atoms with Gasteiger partial charge in [-0.25, -0.2) is 9.97 Å². The van der Waals surface area contributed by atoms with Gasteiger partial charge in [0.25, 0.3) is 0 Å². The average molecular weight is 297 g/mol. The molecule has 5 nitrogen and oxygen atoms in total. The molecule has 1 unspecified atom stereocenters. The van der Waals surface area contributed by atoms with Crippen LogP contribution in [0.5, 0.6) is 0 Å².